The summed E-state index contributed by atoms with van der Waals surface area (Å²) in [6.07, 6.45) is 1.22. The Balaban J connectivity index is 2.60. The van der Waals surface area contributed by atoms with Crippen LogP contribution in [0.2, 0.25) is 0 Å². The Kier molecular flexibility index (Phi) is 5.95. The first-order valence-electron chi connectivity index (χ1n) is 5.94. The molecule has 0 aromatic heterocycles. The number of hydrogen-bond donors (Lipinski definition) is 3. The monoisotopic (exact) mass is 269 g/mol. The van der Waals surface area contributed by atoms with Gasteiger partial charge in [0.2, 0.25) is 0 Å². The second kappa shape index (κ2) is 7.48. The molecule has 0 aliphatic heterocycles. The van der Waals surface area contributed by atoms with Crippen LogP contribution >= 0.6 is 0 Å². The minimum Gasteiger partial charge on any atom is -0.480 e. The van der Waals surface area contributed by atoms with Crippen LogP contribution in [0.4, 0.5) is 4.39 Å². The van der Waals surface area contributed by atoms with E-state index in [9.17, 15) is 14.0 Å². The summed E-state index contributed by atoms with van der Waals surface area (Å²) in [5.74, 6) is -2.15. The molecule has 0 saturated heterocycles. The largest absolute Gasteiger partial charge is 0.480 e. The Morgan fingerprint density at radius 1 is 1.21 bits per heavy atom. The van der Waals surface area contributed by atoms with Gasteiger partial charge in [-0.3, -0.25) is 4.79 Å². The van der Waals surface area contributed by atoms with Gasteiger partial charge < -0.3 is 15.5 Å². The number of aliphatic hydroxyl groups is 1. The summed E-state index contributed by atoms with van der Waals surface area (Å²) in [5, 5.41) is 20.0. The highest BCUT2D eigenvalue weighted by Gasteiger charge is 2.20. The number of carboxylic acids is 1. The molecule has 1 aromatic carbocycles. The van der Waals surface area contributed by atoms with Crippen molar-refractivity contribution in [2.45, 2.75) is 25.3 Å². The van der Waals surface area contributed by atoms with E-state index < -0.39 is 23.7 Å². The Morgan fingerprint density at radius 3 is 2.37 bits per heavy atom. The van der Waals surface area contributed by atoms with Crippen LogP contribution in [0.3, 0.4) is 0 Å². The predicted molar refractivity (Wildman–Crippen MR) is 66.2 cm³/mol. The summed E-state index contributed by atoms with van der Waals surface area (Å²) >= 11 is 0. The summed E-state index contributed by atoms with van der Waals surface area (Å²) in [5.41, 5.74) is 0.204. The van der Waals surface area contributed by atoms with Gasteiger partial charge in [0.15, 0.2) is 0 Å². The number of benzene rings is 1. The molecule has 1 rings (SSSR count). The Labute approximate surface area is 110 Å². The SMILES string of the molecule is O=C(NC(CCCCO)C(=O)O)c1ccc(F)cc1. The van der Waals surface area contributed by atoms with Crippen LogP contribution in [0.5, 0.6) is 0 Å². The first-order valence-corrected chi connectivity index (χ1v) is 5.94. The number of rotatable bonds is 7. The Morgan fingerprint density at radius 2 is 1.84 bits per heavy atom. The molecule has 1 amide bonds. The van der Waals surface area contributed by atoms with Crippen molar-refractivity contribution in [3.63, 3.8) is 0 Å². The molecule has 0 fully saturated rings. The Bertz CT molecular complexity index is 433. The second-order valence-electron chi connectivity index (χ2n) is 4.09. The summed E-state index contributed by atoms with van der Waals surface area (Å²) in [7, 11) is 0. The minimum atomic E-state index is -1.13. The lowest BCUT2D eigenvalue weighted by molar-refractivity contribution is -0.139. The number of aliphatic hydroxyl groups excluding tert-OH is 1. The maximum atomic E-state index is 12.7. The molecule has 0 radical (unpaired) electrons. The van der Waals surface area contributed by atoms with Crippen molar-refractivity contribution in [3.8, 4) is 0 Å². The zero-order valence-corrected chi connectivity index (χ0v) is 10.3. The fraction of sp³-hybridized carbons (Fsp3) is 0.385. The number of carbonyl (C=O) groups is 2. The van der Waals surface area contributed by atoms with Crippen molar-refractivity contribution in [1.29, 1.82) is 0 Å². The number of hydrogen-bond acceptors (Lipinski definition) is 3. The van der Waals surface area contributed by atoms with Crippen molar-refractivity contribution >= 4 is 11.9 Å². The standard InChI is InChI=1S/C13H16FNO4/c14-10-6-4-9(5-7-10)12(17)15-11(13(18)19)3-1-2-8-16/h4-7,11,16H,1-3,8H2,(H,15,17)(H,18,19). The smallest absolute Gasteiger partial charge is 0.326 e. The van der Waals surface area contributed by atoms with Gasteiger partial charge in [-0.15, -0.1) is 0 Å². The van der Waals surface area contributed by atoms with E-state index in [2.05, 4.69) is 5.32 Å². The summed E-state index contributed by atoms with van der Waals surface area (Å²) in [4.78, 5) is 22.7. The van der Waals surface area contributed by atoms with E-state index in [0.717, 1.165) is 12.1 Å². The fourth-order valence-corrected chi connectivity index (χ4v) is 1.56. The van der Waals surface area contributed by atoms with E-state index in [-0.39, 0.29) is 18.6 Å². The van der Waals surface area contributed by atoms with Crippen LogP contribution in [0.15, 0.2) is 24.3 Å². The second-order valence-corrected chi connectivity index (χ2v) is 4.09. The van der Waals surface area contributed by atoms with Crippen LogP contribution in [0, 0.1) is 5.82 Å². The fourth-order valence-electron chi connectivity index (χ4n) is 1.56. The summed E-state index contributed by atoms with van der Waals surface area (Å²) in [6, 6.07) is 3.84. The molecular weight excluding hydrogens is 253 g/mol. The molecule has 19 heavy (non-hydrogen) atoms. The first-order chi connectivity index (χ1) is 9.04. The van der Waals surface area contributed by atoms with Crippen molar-refractivity contribution < 1.29 is 24.2 Å². The molecule has 1 atom stereocenters. The van der Waals surface area contributed by atoms with Crippen LogP contribution in [-0.2, 0) is 4.79 Å². The quantitative estimate of drug-likeness (QED) is 0.648. The molecule has 1 unspecified atom stereocenters. The number of halogens is 1. The van der Waals surface area contributed by atoms with Gasteiger partial charge in [0.1, 0.15) is 11.9 Å². The molecule has 6 heteroatoms. The number of nitrogens with one attached hydrogen (secondary N) is 1. The third-order valence-electron chi connectivity index (χ3n) is 2.61. The predicted octanol–water partition coefficient (Wildman–Crippen LogP) is 1.17. The topological polar surface area (TPSA) is 86.6 Å². The molecular formula is C13H16FNO4. The van der Waals surface area contributed by atoms with Gasteiger partial charge in [0, 0.05) is 12.2 Å². The van der Waals surface area contributed by atoms with Gasteiger partial charge in [-0.2, -0.15) is 0 Å². The van der Waals surface area contributed by atoms with Crippen LogP contribution in [0.25, 0.3) is 0 Å². The lowest BCUT2D eigenvalue weighted by atomic mass is 10.1. The van der Waals surface area contributed by atoms with Gasteiger partial charge in [0.25, 0.3) is 5.91 Å². The zero-order valence-electron chi connectivity index (χ0n) is 10.3. The third-order valence-corrected chi connectivity index (χ3v) is 2.61. The Hall–Kier alpha value is -1.95. The molecule has 0 aliphatic carbocycles. The zero-order chi connectivity index (χ0) is 14.3. The molecule has 3 N–H and O–H groups in total. The van der Waals surface area contributed by atoms with Gasteiger partial charge in [-0.05, 0) is 43.5 Å². The maximum Gasteiger partial charge on any atom is 0.326 e. The highest BCUT2D eigenvalue weighted by molar-refractivity contribution is 5.96. The summed E-state index contributed by atoms with van der Waals surface area (Å²) < 4.78 is 12.7. The van der Waals surface area contributed by atoms with E-state index in [1.807, 2.05) is 0 Å². The van der Waals surface area contributed by atoms with Gasteiger partial charge >= 0.3 is 5.97 Å². The van der Waals surface area contributed by atoms with Crippen molar-refractivity contribution in [2.75, 3.05) is 6.61 Å². The lowest BCUT2D eigenvalue weighted by Crippen LogP contribution is -2.40. The molecule has 0 aliphatic rings. The van der Waals surface area contributed by atoms with Crippen LogP contribution < -0.4 is 5.32 Å². The first kappa shape index (κ1) is 15.1. The van der Waals surface area contributed by atoms with E-state index in [1.165, 1.54) is 12.1 Å². The van der Waals surface area contributed by atoms with E-state index in [1.54, 1.807) is 0 Å². The molecule has 5 nitrogen and oxygen atoms in total. The van der Waals surface area contributed by atoms with Crippen molar-refractivity contribution in [2.24, 2.45) is 0 Å². The van der Waals surface area contributed by atoms with Crippen LogP contribution in [-0.4, -0.2) is 34.7 Å². The minimum absolute atomic E-state index is 0.0156. The molecule has 0 saturated carbocycles. The van der Waals surface area contributed by atoms with E-state index in [4.69, 9.17) is 10.2 Å². The van der Waals surface area contributed by atoms with Gasteiger partial charge in [-0.1, -0.05) is 0 Å². The van der Waals surface area contributed by atoms with Crippen molar-refractivity contribution in [1.82, 2.24) is 5.32 Å². The van der Waals surface area contributed by atoms with E-state index >= 15 is 0 Å². The maximum absolute atomic E-state index is 12.7. The van der Waals surface area contributed by atoms with Crippen molar-refractivity contribution in [3.05, 3.63) is 35.6 Å². The number of carboxylic acid groups (broad SMARTS) is 1. The number of unbranched alkanes of at least 4 members (excludes halogenated alkanes) is 1. The molecule has 104 valence electrons. The normalized spacial score (nSPS) is 11.9. The van der Waals surface area contributed by atoms with Gasteiger partial charge in [0.05, 0.1) is 0 Å². The van der Waals surface area contributed by atoms with Crippen LogP contribution in [0.1, 0.15) is 29.6 Å². The average Bonchev–Trinajstić information content (AvgIpc) is 2.38. The van der Waals surface area contributed by atoms with Gasteiger partial charge in [-0.25, -0.2) is 9.18 Å². The number of aliphatic carboxylic acids is 1. The molecule has 0 spiro atoms. The number of carbonyl (C=O) groups excluding carboxylic acids is 1. The summed E-state index contributed by atoms with van der Waals surface area (Å²) in [6.45, 7) is -0.0156. The average molecular weight is 269 g/mol. The molecule has 0 bridgehead atoms. The number of amides is 1. The molecule has 0 heterocycles. The highest BCUT2D eigenvalue weighted by atomic mass is 19.1. The third kappa shape index (κ3) is 5.05. The van der Waals surface area contributed by atoms with E-state index in [0.29, 0.717) is 12.8 Å². The molecule has 1 aromatic rings. The highest BCUT2D eigenvalue weighted by Crippen LogP contribution is 2.06. The lowest BCUT2D eigenvalue weighted by Gasteiger charge is -2.14.